The van der Waals surface area contributed by atoms with E-state index in [0.717, 1.165) is 0 Å². The summed E-state index contributed by atoms with van der Waals surface area (Å²) in [5.74, 6) is 0. The maximum absolute atomic E-state index is 3.50. The van der Waals surface area contributed by atoms with Gasteiger partial charge >= 0.3 is 0 Å². The van der Waals surface area contributed by atoms with Gasteiger partial charge in [-0.3, -0.25) is 0 Å². The summed E-state index contributed by atoms with van der Waals surface area (Å²) < 4.78 is -0.829. The fourth-order valence-electron chi connectivity index (χ4n) is 0. The second-order valence-corrected chi connectivity index (χ2v) is 22.5. The van der Waals surface area contributed by atoms with Gasteiger partial charge in [-0.05, 0) is 0 Å². The molecule has 0 aliphatic heterocycles. The molecule has 0 amide bonds. The van der Waals surface area contributed by atoms with Crippen molar-refractivity contribution in [3.05, 3.63) is 0 Å². The first-order valence-electron chi connectivity index (χ1n) is 1.38. The zero-order valence-electron chi connectivity index (χ0n) is 3.26. The molecule has 0 aliphatic rings. The van der Waals surface area contributed by atoms with Crippen LogP contribution in [0.3, 0.4) is 0 Å². The molecule has 0 bridgehead atoms. The molecular formula is C2H6BrISi. The Morgan fingerprint density at radius 1 is 1.60 bits per heavy atom. The highest BCUT2D eigenvalue weighted by molar-refractivity contribution is 14.1. The summed E-state index contributed by atoms with van der Waals surface area (Å²) in [5.41, 5.74) is 0. The zero-order valence-corrected chi connectivity index (χ0v) is 8.00. The van der Waals surface area contributed by atoms with Crippen LogP contribution in [0.1, 0.15) is 0 Å². The van der Waals surface area contributed by atoms with Crippen LogP contribution in [0.15, 0.2) is 0 Å². The van der Waals surface area contributed by atoms with Crippen molar-refractivity contribution in [1.29, 1.82) is 0 Å². The third kappa shape index (κ3) is 31.3. The number of rotatable bonds is 0. The van der Waals surface area contributed by atoms with Gasteiger partial charge in [-0.25, -0.2) is 0 Å². The van der Waals surface area contributed by atoms with Gasteiger partial charge in [0.15, 0.2) is 4.19 Å². The molecule has 0 N–H and O–H groups in total. The summed E-state index contributed by atoms with van der Waals surface area (Å²) in [6, 6.07) is 0. The van der Waals surface area contributed by atoms with Gasteiger partial charge in [0.1, 0.15) is 0 Å². The van der Waals surface area contributed by atoms with E-state index in [9.17, 15) is 0 Å². The van der Waals surface area contributed by atoms with E-state index in [1.807, 2.05) is 0 Å². The summed E-state index contributed by atoms with van der Waals surface area (Å²) in [5, 5.41) is 0. The van der Waals surface area contributed by atoms with Crippen LogP contribution < -0.4 is 0 Å². The largest absolute Gasteiger partial charge is 0.190 e. The van der Waals surface area contributed by atoms with Gasteiger partial charge in [-0.1, -0.05) is 13.1 Å². The lowest BCUT2D eigenvalue weighted by atomic mass is 11.9. The second-order valence-electron chi connectivity index (χ2n) is 1.33. The molecule has 0 saturated heterocycles. The number of hydrogen-bond donors (Lipinski definition) is 0. The molecule has 0 unspecified atom stereocenters. The minimum atomic E-state index is -0.829. The number of halogens is 2. The third-order valence-corrected chi connectivity index (χ3v) is 0. The molecule has 0 aromatic rings. The van der Waals surface area contributed by atoms with Gasteiger partial charge in [0.2, 0.25) is 0 Å². The predicted molar refractivity (Wildman–Crippen MR) is 40.4 cm³/mol. The van der Waals surface area contributed by atoms with E-state index in [1.54, 1.807) is 0 Å². The van der Waals surface area contributed by atoms with Crippen LogP contribution in [0.5, 0.6) is 0 Å². The molecule has 32 valence electrons. The van der Waals surface area contributed by atoms with Gasteiger partial charge in [0, 0.05) is 0 Å². The molecular weight excluding hydrogens is 259 g/mol. The van der Waals surface area contributed by atoms with Crippen LogP contribution in [0.4, 0.5) is 0 Å². The molecule has 0 atom stereocenters. The van der Waals surface area contributed by atoms with Crippen molar-refractivity contribution in [2.45, 2.75) is 13.1 Å². The molecule has 0 radical (unpaired) electrons. The Bertz CT molecular complexity index is 25.1. The summed E-state index contributed by atoms with van der Waals surface area (Å²) in [4.78, 5) is 0. The molecule has 0 fully saturated rings. The number of hydrogen-bond acceptors (Lipinski definition) is 0. The molecule has 0 aliphatic carbocycles. The molecule has 0 saturated carbocycles. The average Bonchev–Trinajstić information content (AvgIpc) is 0.722. The molecule has 3 heteroatoms. The smallest absolute Gasteiger partial charge is 0.113 e. The van der Waals surface area contributed by atoms with E-state index < -0.39 is 4.19 Å². The standard InChI is InChI=1S/C2H6BrISi/c1-5(2,3)4/h1-2H3. The van der Waals surface area contributed by atoms with E-state index in [0.29, 0.717) is 0 Å². The van der Waals surface area contributed by atoms with E-state index >= 15 is 0 Å². The minimum absolute atomic E-state index is 0.829. The van der Waals surface area contributed by atoms with Crippen LogP contribution in [0.2, 0.25) is 13.1 Å². The lowest BCUT2D eigenvalue weighted by molar-refractivity contribution is 2.11. The Kier molecular flexibility index (Phi) is 2.48. The fourth-order valence-corrected chi connectivity index (χ4v) is 0. The van der Waals surface area contributed by atoms with E-state index in [4.69, 9.17) is 0 Å². The quantitative estimate of drug-likeness (QED) is 0.358. The molecule has 0 heterocycles. The first kappa shape index (κ1) is 6.43. The Labute approximate surface area is 54.1 Å². The Hall–Kier alpha value is 1.43. The van der Waals surface area contributed by atoms with Gasteiger partial charge in [-0.2, -0.15) is 0 Å². The molecule has 0 aromatic carbocycles. The summed E-state index contributed by atoms with van der Waals surface area (Å²) >= 11 is 5.93. The summed E-state index contributed by atoms with van der Waals surface area (Å²) in [7, 11) is 0. The second kappa shape index (κ2) is 1.93. The van der Waals surface area contributed by atoms with Crippen molar-refractivity contribution < 1.29 is 0 Å². The summed E-state index contributed by atoms with van der Waals surface area (Å²) in [6.07, 6.45) is 0. The first-order valence-corrected chi connectivity index (χ1v) is 9.75. The van der Waals surface area contributed by atoms with Crippen LogP contribution in [0, 0.1) is 0 Å². The van der Waals surface area contributed by atoms with Crippen LogP contribution in [-0.2, 0) is 0 Å². The topological polar surface area (TPSA) is 0 Å². The minimum Gasteiger partial charge on any atom is -0.113 e. The van der Waals surface area contributed by atoms with Gasteiger partial charge in [0.25, 0.3) is 0 Å². The third-order valence-electron chi connectivity index (χ3n) is 0. The van der Waals surface area contributed by atoms with Gasteiger partial charge in [0.05, 0.1) is 0 Å². The van der Waals surface area contributed by atoms with Gasteiger partial charge in [-0.15, -0.1) is 37.1 Å². The van der Waals surface area contributed by atoms with Crippen molar-refractivity contribution in [2.75, 3.05) is 0 Å². The predicted octanol–water partition coefficient (Wildman–Crippen LogP) is 2.52. The summed E-state index contributed by atoms with van der Waals surface area (Å²) in [6.45, 7) is 4.46. The fraction of sp³-hybridized carbons (Fsp3) is 1.00. The normalized spacial score (nSPS) is 12.0. The maximum Gasteiger partial charge on any atom is 0.190 e. The van der Waals surface area contributed by atoms with Crippen molar-refractivity contribution in [3.63, 3.8) is 0 Å². The molecule has 0 nitrogen and oxygen atoms in total. The SMILES string of the molecule is C[Si](C)(Br)I. The maximum atomic E-state index is 3.50. The highest BCUT2D eigenvalue weighted by Gasteiger charge is 2.06. The lowest BCUT2D eigenvalue weighted by Crippen LogP contribution is -1.99. The van der Waals surface area contributed by atoms with Crippen molar-refractivity contribution >= 4 is 41.3 Å². The van der Waals surface area contributed by atoms with Crippen molar-refractivity contribution in [3.8, 4) is 0 Å². The average molecular weight is 265 g/mol. The highest BCUT2D eigenvalue weighted by atomic mass is 127. The monoisotopic (exact) mass is 264 g/mol. The molecule has 0 rings (SSSR count). The highest BCUT2D eigenvalue weighted by Crippen LogP contribution is 2.17. The Morgan fingerprint density at radius 2 is 1.60 bits per heavy atom. The van der Waals surface area contributed by atoms with Gasteiger partial charge < -0.3 is 0 Å². The zero-order chi connectivity index (χ0) is 4.50. The molecule has 5 heavy (non-hydrogen) atoms. The lowest BCUT2D eigenvalue weighted by Gasteiger charge is -1.95. The van der Waals surface area contributed by atoms with Crippen LogP contribution in [0.25, 0.3) is 0 Å². The van der Waals surface area contributed by atoms with E-state index in [1.165, 1.54) is 0 Å². The Morgan fingerprint density at radius 3 is 1.60 bits per heavy atom. The first-order chi connectivity index (χ1) is 2.00. The van der Waals surface area contributed by atoms with Crippen LogP contribution in [-0.4, -0.2) is 4.19 Å². The van der Waals surface area contributed by atoms with E-state index in [-0.39, 0.29) is 0 Å². The van der Waals surface area contributed by atoms with E-state index in [2.05, 4.69) is 50.2 Å². The van der Waals surface area contributed by atoms with Crippen molar-refractivity contribution in [2.24, 2.45) is 0 Å². The molecule has 0 spiro atoms. The molecule has 0 aromatic heterocycles. The van der Waals surface area contributed by atoms with Crippen molar-refractivity contribution in [1.82, 2.24) is 0 Å². The van der Waals surface area contributed by atoms with Crippen LogP contribution >= 0.6 is 37.1 Å². The Balaban J connectivity index is 3.02.